The van der Waals surface area contributed by atoms with E-state index in [1.807, 2.05) is 6.92 Å². The minimum absolute atomic E-state index is 0.113. The number of piperazine rings is 1. The van der Waals surface area contributed by atoms with Crippen molar-refractivity contribution >= 4 is 10.1 Å². The van der Waals surface area contributed by atoms with Crippen molar-refractivity contribution in [3.63, 3.8) is 0 Å². The van der Waals surface area contributed by atoms with Crippen LogP contribution in [-0.4, -0.2) is 46.1 Å². The molecule has 170 valence electrons. The zero-order valence-electron chi connectivity index (χ0n) is 18.7. The molecule has 2 aromatic carbocycles. The maximum Gasteiger partial charge on any atom is 0.296 e. The summed E-state index contributed by atoms with van der Waals surface area (Å²) < 4.78 is 30.0. The van der Waals surface area contributed by atoms with E-state index in [-0.39, 0.29) is 17.0 Å². The van der Waals surface area contributed by atoms with Crippen molar-refractivity contribution in [3.05, 3.63) is 89.5 Å². The van der Waals surface area contributed by atoms with Gasteiger partial charge in [-0.25, -0.2) is 0 Å². The second kappa shape index (κ2) is 10.1. The molecule has 1 N–H and O–H groups in total. The Morgan fingerprint density at radius 1 is 1.03 bits per heavy atom. The van der Waals surface area contributed by atoms with Gasteiger partial charge in [-0.2, -0.15) is 8.42 Å². The third-order valence-corrected chi connectivity index (χ3v) is 7.69. The van der Waals surface area contributed by atoms with Crippen molar-refractivity contribution in [1.29, 1.82) is 0 Å². The average molecular weight is 453 g/mol. The molecular weight excluding hydrogens is 420 g/mol. The Morgan fingerprint density at radius 2 is 1.75 bits per heavy atom. The van der Waals surface area contributed by atoms with E-state index in [9.17, 15) is 8.42 Å². The van der Waals surface area contributed by atoms with Gasteiger partial charge < -0.3 is 5.32 Å². The lowest BCUT2D eigenvalue weighted by molar-refractivity contribution is 0.112. The summed E-state index contributed by atoms with van der Waals surface area (Å²) in [5, 5.41) is 3.45. The molecule has 1 aliphatic heterocycles. The van der Waals surface area contributed by atoms with Crippen molar-refractivity contribution in [2.75, 3.05) is 32.8 Å². The predicted molar refractivity (Wildman–Crippen MR) is 128 cm³/mol. The van der Waals surface area contributed by atoms with Gasteiger partial charge in [0.1, 0.15) is 0 Å². The van der Waals surface area contributed by atoms with Crippen LogP contribution in [0.2, 0.25) is 0 Å². The SMILES string of the molecule is Cc1ccc(S(=O)(=O)OCCCC2=CCC(c3ccccc3)(N3CCNCC3)C=C2)cc1. The number of aryl methyl sites for hydroxylation is 1. The molecule has 0 radical (unpaired) electrons. The van der Waals surface area contributed by atoms with Gasteiger partial charge in [0.25, 0.3) is 10.1 Å². The summed E-state index contributed by atoms with van der Waals surface area (Å²) in [5.41, 5.74) is 3.47. The van der Waals surface area contributed by atoms with Gasteiger partial charge in [0.2, 0.25) is 0 Å². The van der Waals surface area contributed by atoms with E-state index in [2.05, 4.69) is 58.8 Å². The predicted octanol–water partition coefficient (Wildman–Crippen LogP) is 4.17. The van der Waals surface area contributed by atoms with Crippen LogP contribution in [0.1, 0.15) is 30.4 Å². The van der Waals surface area contributed by atoms with Gasteiger partial charge in [-0.3, -0.25) is 9.08 Å². The molecule has 1 aliphatic carbocycles. The summed E-state index contributed by atoms with van der Waals surface area (Å²) in [7, 11) is -3.70. The van der Waals surface area contributed by atoms with E-state index in [4.69, 9.17) is 4.18 Å². The highest BCUT2D eigenvalue weighted by molar-refractivity contribution is 7.86. The fraction of sp³-hybridized carbons (Fsp3) is 0.385. The Balaban J connectivity index is 1.36. The van der Waals surface area contributed by atoms with Crippen molar-refractivity contribution in [2.45, 2.75) is 36.6 Å². The number of hydrogen-bond donors (Lipinski definition) is 1. The van der Waals surface area contributed by atoms with Crippen molar-refractivity contribution in [2.24, 2.45) is 0 Å². The maximum absolute atomic E-state index is 12.4. The molecule has 1 unspecified atom stereocenters. The first kappa shape index (κ1) is 22.9. The molecule has 2 aromatic rings. The van der Waals surface area contributed by atoms with Crippen LogP contribution in [0.4, 0.5) is 0 Å². The second-order valence-electron chi connectivity index (χ2n) is 8.54. The summed E-state index contributed by atoms with van der Waals surface area (Å²) in [6.07, 6.45) is 9.24. The fourth-order valence-electron chi connectivity index (χ4n) is 4.49. The van der Waals surface area contributed by atoms with Gasteiger partial charge >= 0.3 is 0 Å². The summed E-state index contributed by atoms with van der Waals surface area (Å²) in [5.74, 6) is 0. The highest BCUT2D eigenvalue weighted by Crippen LogP contribution is 2.38. The van der Waals surface area contributed by atoms with Crippen LogP contribution >= 0.6 is 0 Å². The molecule has 4 rings (SSSR count). The van der Waals surface area contributed by atoms with Crippen LogP contribution in [-0.2, 0) is 19.8 Å². The smallest absolute Gasteiger partial charge is 0.296 e. The van der Waals surface area contributed by atoms with Crippen molar-refractivity contribution < 1.29 is 12.6 Å². The largest absolute Gasteiger partial charge is 0.314 e. The van der Waals surface area contributed by atoms with E-state index in [1.54, 1.807) is 24.3 Å². The molecule has 0 spiro atoms. The van der Waals surface area contributed by atoms with Crippen molar-refractivity contribution in [3.8, 4) is 0 Å². The van der Waals surface area contributed by atoms with Gasteiger partial charge in [-0.05, 0) is 43.9 Å². The van der Waals surface area contributed by atoms with Crippen molar-refractivity contribution in [1.82, 2.24) is 10.2 Å². The Hall–Kier alpha value is -2.25. The molecule has 6 heteroatoms. The number of hydrogen-bond acceptors (Lipinski definition) is 5. The molecular formula is C26H32N2O3S. The van der Waals surface area contributed by atoms with E-state index in [0.29, 0.717) is 6.42 Å². The Bertz CT molecular complexity index is 1060. The number of nitrogens with one attached hydrogen (secondary N) is 1. The normalized spacial score (nSPS) is 22.0. The second-order valence-corrected chi connectivity index (χ2v) is 10.2. The third kappa shape index (κ3) is 5.21. The molecule has 0 bridgehead atoms. The zero-order chi connectivity index (χ0) is 22.4. The van der Waals surface area contributed by atoms with Crippen LogP contribution in [0.3, 0.4) is 0 Å². The van der Waals surface area contributed by atoms with Gasteiger partial charge in [0, 0.05) is 26.2 Å². The van der Waals surface area contributed by atoms with Crippen LogP contribution in [0.25, 0.3) is 0 Å². The molecule has 2 aliphatic rings. The van der Waals surface area contributed by atoms with Crippen LogP contribution in [0.15, 0.2) is 83.3 Å². The highest BCUT2D eigenvalue weighted by Gasteiger charge is 2.37. The number of rotatable bonds is 8. The van der Waals surface area contributed by atoms with Gasteiger partial charge in [-0.1, -0.05) is 71.8 Å². The van der Waals surface area contributed by atoms with Crippen LogP contribution < -0.4 is 5.32 Å². The lowest BCUT2D eigenvalue weighted by Gasteiger charge is -2.45. The van der Waals surface area contributed by atoms with E-state index >= 15 is 0 Å². The Morgan fingerprint density at radius 3 is 2.41 bits per heavy atom. The molecule has 1 atom stereocenters. The summed E-state index contributed by atoms with van der Waals surface area (Å²) in [4.78, 5) is 2.78. The molecule has 32 heavy (non-hydrogen) atoms. The first-order valence-electron chi connectivity index (χ1n) is 11.4. The lowest BCUT2D eigenvalue weighted by Crippen LogP contribution is -2.53. The Kier molecular flexibility index (Phi) is 7.26. The fourth-order valence-corrected chi connectivity index (χ4v) is 5.44. The van der Waals surface area contributed by atoms with Crippen LogP contribution in [0, 0.1) is 6.92 Å². The molecule has 0 amide bonds. The summed E-state index contributed by atoms with van der Waals surface area (Å²) >= 11 is 0. The molecule has 0 aromatic heterocycles. The first-order valence-corrected chi connectivity index (χ1v) is 12.8. The monoisotopic (exact) mass is 452 g/mol. The quantitative estimate of drug-likeness (QED) is 0.481. The molecule has 1 fully saturated rings. The highest BCUT2D eigenvalue weighted by atomic mass is 32.2. The van der Waals surface area contributed by atoms with Crippen LogP contribution in [0.5, 0.6) is 0 Å². The van der Waals surface area contributed by atoms with Gasteiger partial charge in [0.05, 0.1) is 17.0 Å². The molecule has 1 heterocycles. The maximum atomic E-state index is 12.4. The van der Waals surface area contributed by atoms with E-state index < -0.39 is 10.1 Å². The Labute approximate surface area is 191 Å². The number of benzene rings is 2. The first-order chi connectivity index (χ1) is 15.5. The molecule has 0 saturated carbocycles. The minimum Gasteiger partial charge on any atom is -0.314 e. The molecule has 1 saturated heterocycles. The summed E-state index contributed by atoms with van der Waals surface area (Å²) in [6.45, 7) is 6.16. The van der Waals surface area contributed by atoms with E-state index in [0.717, 1.165) is 44.6 Å². The summed E-state index contributed by atoms with van der Waals surface area (Å²) in [6, 6.07) is 17.5. The zero-order valence-corrected chi connectivity index (χ0v) is 19.5. The topological polar surface area (TPSA) is 58.6 Å². The average Bonchev–Trinajstić information content (AvgIpc) is 2.84. The standard InChI is InChI=1S/C26H32N2O3S/c1-22-9-11-25(12-10-22)32(29,30)31-21-5-6-23-13-15-26(16-14-23,24-7-3-2-4-8-24)28-19-17-27-18-20-28/h2-4,7-15,27H,5-6,16-21H2,1H3. The van der Waals surface area contributed by atoms with E-state index in [1.165, 1.54) is 11.1 Å². The number of allylic oxidation sites excluding steroid dienone is 2. The third-order valence-electron chi connectivity index (χ3n) is 6.36. The number of nitrogens with zero attached hydrogens (tertiary/aromatic N) is 1. The minimum atomic E-state index is -3.70. The van der Waals surface area contributed by atoms with Gasteiger partial charge in [0.15, 0.2) is 0 Å². The van der Waals surface area contributed by atoms with Gasteiger partial charge in [-0.15, -0.1) is 0 Å². The lowest BCUT2D eigenvalue weighted by atomic mass is 9.79. The molecule has 5 nitrogen and oxygen atoms in total.